The first-order valence-electron chi connectivity index (χ1n) is 4.67. The second-order valence-electron chi connectivity index (χ2n) is 3.08. The third kappa shape index (κ3) is 2.32. The lowest BCUT2D eigenvalue weighted by Gasteiger charge is -2.05. The molecule has 0 bridgehead atoms. The molecule has 1 aromatic rings. The topological polar surface area (TPSA) is 0 Å². The molecule has 0 atom stereocenters. The fourth-order valence-electron chi connectivity index (χ4n) is 1.44. The highest BCUT2D eigenvalue weighted by Gasteiger charge is 1.97. The van der Waals surface area contributed by atoms with Crippen molar-refractivity contribution in [1.82, 2.24) is 0 Å². The maximum atomic E-state index is 3.66. The average molecular weight is 172 g/mol. The van der Waals surface area contributed by atoms with Gasteiger partial charge < -0.3 is 0 Å². The zero-order chi connectivity index (χ0) is 9.68. The predicted octanol–water partition coefficient (Wildman–Crippen LogP) is 3.76. The van der Waals surface area contributed by atoms with Crippen LogP contribution in [0, 0.1) is 6.92 Å². The van der Waals surface area contributed by atoms with Gasteiger partial charge >= 0.3 is 0 Å². The maximum absolute atomic E-state index is 3.66. The molecular formula is C13H16. The zero-order valence-corrected chi connectivity index (χ0v) is 8.38. The van der Waals surface area contributed by atoms with Crippen molar-refractivity contribution >= 4 is 6.08 Å². The van der Waals surface area contributed by atoms with Gasteiger partial charge in [-0.2, -0.15) is 0 Å². The van der Waals surface area contributed by atoms with E-state index < -0.39 is 0 Å². The van der Waals surface area contributed by atoms with Gasteiger partial charge in [-0.25, -0.2) is 0 Å². The summed E-state index contributed by atoms with van der Waals surface area (Å²) in [6.45, 7) is 8.01. The number of rotatable bonds is 3. The Morgan fingerprint density at radius 3 is 2.77 bits per heavy atom. The largest absolute Gasteiger partial charge is 0.0991 e. The van der Waals surface area contributed by atoms with E-state index in [1.165, 1.54) is 16.7 Å². The molecule has 0 aromatic heterocycles. The molecule has 0 amide bonds. The van der Waals surface area contributed by atoms with Gasteiger partial charge in [-0.1, -0.05) is 49.9 Å². The molecule has 1 rings (SSSR count). The van der Waals surface area contributed by atoms with Crippen LogP contribution in [-0.4, -0.2) is 0 Å². The molecular weight excluding hydrogens is 156 g/mol. The lowest BCUT2D eigenvalue weighted by molar-refractivity contribution is 1.11. The minimum absolute atomic E-state index is 1.10. The summed E-state index contributed by atoms with van der Waals surface area (Å²) in [5.41, 5.74) is 4.09. The van der Waals surface area contributed by atoms with Gasteiger partial charge in [-0.15, -0.1) is 0 Å². The summed E-state index contributed by atoms with van der Waals surface area (Å²) >= 11 is 0. The maximum Gasteiger partial charge on any atom is -0.0225 e. The molecule has 0 heteroatoms. The van der Waals surface area contributed by atoms with E-state index in [4.69, 9.17) is 0 Å². The third-order valence-corrected chi connectivity index (χ3v) is 2.28. The van der Waals surface area contributed by atoms with E-state index in [0.717, 1.165) is 6.42 Å². The molecule has 0 unspecified atom stereocenters. The highest BCUT2D eigenvalue weighted by atomic mass is 14.0. The first-order chi connectivity index (χ1) is 6.29. The fourth-order valence-corrected chi connectivity index (χ4v) is 1.44. The molecule has 1 aromatic carbocycles. The van der Waals surface area contributed by atoms with E-state index in [1.807, 2.05) is 6.08 Å². The molecule has 0 aliphatic rings. The number of hydrogen-bond donors (Lipinski definition) is 0. The highest BCUT2D eigenvalue weighted by Crippen LogP contribution is 2.15. The van der Waals surface area contributed by atoms with Gasteiger partial charge in [-0.05, 0) is 30.0 Å². The highest BCUT2D eigenvalue weighted by molar-refractivity contribution is 5.56. The smallest absolute Gasteiger partial charge is 0.0225 e. The number of aryl methyl sites for hydroxylation is 1. The molecule has 0 heterocycles. The average Bonchev–Trinajstić information content (AvgIpc) is 2.16. The Hall–Kier alpha value is -1.30. The van der Waals surface area contributed by atoms with Gasteiger partial charge in [0.2, 0.25) is 0 Å². The second-order valence-corrected chi connectivity index (χ2v) is 3.08. The van der Waals surface area contributed by atoms with Crippen LogP contribution >= 0.6 is 0 Å². The molecule has 0 nitrogen and oxygen atoms in total. The summed E-state index contributed by atoms with van der Waals surface area (Å²) in [6, 6.07) is 6.42. The van der Waals surface area contributed by atoms with Crippen LogP contribution in [0.2, 0.25) is 0 Å². The first-order valence-corrected chi connectivity index (χ1v) is 4.67. The van der Waals surface area contributed by atoms with Crippen LogP contribution in [0.4, 0.5) is 0 Å². The normalized spacial score (nSPS) is 10.6. The van der Waals surface area contributed by atoms with Gasteiger partial charge in [0, 0.05) is 0 Å². The Balaban J connectivity index is 3.07. The molecule has 0 spiro atoms. The SMILES string of the molecule is C=C/C=C\c1cccc(CC)c1C. The second kappa shape index (κ2) is 4.66. The number of benzene rings is 1. The van der Waals surface area contributed by atoms with Crippen LogP contribution < -0.4 is 0 Å². The monoisotopic (exact) mass is 172 g/mol. The summed E-state index contributed by atoms with van der Waals surface area (Å²) < 4.78 is 0. The Morgan fingerprint density at radius 1 is 1.38 bits per heavy atom. The standard InChI is InChI=1S/C13H16/c1-4-6-8-13-10-7-9-12(5-2)11(13)3/h4,6-10H,1,5H2,2-3H3/b8-6-. The quantitative estimate of drug-likeness (QED) is 0.609. The lowest BCUT2D eigenvalue weighted by Crippen LogP contribution is -1.88. The molecule has 0 aliphatic heterocycles. The summed E-state index contributed by atoms with van der Waals surface area (Å²) in [5, 5.41) is 0. The van der Waals surface area contributed by atoms with Crippen LogP contribution in [0.5, 0.6) is 0 Å². The van der Waals surface area contributed by atoms with Crippen LogP contribution in [0.15, 0.2) is 36.9 Å². The van der Waals surface area contributed by atoms with Crippen molar-refractivity contribution < 1.29 is 0 Å². The van der Waals surface area contributed by atoms with E-state index in [2.05, 4.69) is 44.7 Å². The van der Waals surface area contributed by atoms with E-state index in [9.17, 15) is 0 Å². The Bertz CT molecular complexity index is 319. The molecule has 0 fully saturated rings. The van der Waals surface area contributed by atoms with Crippen molar-refractivity contribution in [3.05, 3.63) is 53.6 Å². The van der Waals surface area contributed by atoms with Crippen molar-refractivity contribution in [3.8, 4) is 0 Å². The van der Waals surface area contributed by atoms with Crippen molar-refractivity contribution in [3.63, 3.8) is 0 Å². The van der Waals surface area contributed by atoms with Gasteiger partial charge in [0.1, 0.15) is 0 Å². The van der Waals surface area contributed by atoms with Gasteiger partial charge in [0.25, 0.3) is 0 Å². The molecule has 0 N–H and O–H groups in total. The van der Waals surface area contributed by atoms with E-state index in [0.29, 0.717) is 0 Å². The number of hydrogen-bond acceptors (Lipinski definition) is 0. The Kier molecular flexibility index (Phi) is 3.51. The van der Waals surface area contributed by atoms with Gasteiger partial charge in [0.05, 0.1) is 0 Å². The van der Waals surface area contributed by atoms with Gasteiger partial charge in [0.15, 0.2) is 0 Å². The Morgan fingerprint density at radius 2 is 2.15 bits per heavy atom. The van der Waals surface area contributed by atoms with Crippen LogP contribution in [0.25, 0.3) is 6.08 Å². The molecule has 68 valence electrons. The lowest BCUT2D eigenvalue weighted by atomic mass is 10.0. The van der Waals surface area contributed by atoms with Crippen LogP contribution in [0.3, 0.4) is 0 Å². The van der Waals surface area contributed by atoms with E-state index in [1.54, 1.807) is 6.08 Å². The minimum Gasteiger partial charge on any atom is -0.0991 e. The molecule has 0 saturated carbocycles. The minimum atomic E-state index is 1.10. The first kappa shape index (κ1) is 9.79. The Labute approximate surface area is 80.6 Å². The summed E-state index contributed by atoms with van der Waals surface area (Å²) in [7, 11) is 0. The third-order valence-electron chi connectivity index (χ3n) is 2.28. The summed E-state index contributed by atoms with van der Waals surface area (Å²) in [4.78, 5) is 0. The van der Waals surface area contributed by atoms with Crippen molar-refractivity contribution in [2.24, 2.45) is 0 Å². The molecule has 0 radical (unpaired) electrons. The summed E-state index contributed by atoms with van der Waals surface area (Å²) in [5.74, 6) is 0. The fraction of sp³-hybridized carbons (Fsp3) is 0.231. The number of allylic oxidation sites excluding steroid dienone is 2. The molecule has 0 aliphatic carbocycles. The predicted molar refractivity (Wildman–Crippen MR) is 59.8 cm³/mol. The van der Waals surface area contributed by atoms with Gasteiger partial charge in [-0.3, -0.25) is 0 Å². The van der Waals surface area contributed by atoms with Crippen molar-refractivity contribution in [2.75, 3.05) is 0 Å². The summed E-state index contributed by atoms with van der Waals surface area (Å²) in [6.07, 6.45) is 6.98. The van der Waals surface area contributed by atoms with Crippen LogP contribution in [-0.2, 0) is 6.42 Å². The molecule has 13 heavy (non-hydrogen) atoms. The van der Waals surface area contributed by atoms with Crippen molar-refractivity contribution in [1.29, 1.82) is 0 Å². The molecule has 0 saturated heterocycles. The van der Waals surface area contributed by atoms with Crippen LogP contribution in [0.1, 0.15) is 23.6 Å². The van der Waals surface area contributed by atoms with E-state index >= 15 is 0 Å². The zero-order valence-electron chi connectivity index (χ0n) is 8.38. The van der Waals surface area contributed by atoms with Crippen molar-refractivity contribution in [2.45, 2.75) is 20.3 Å². The van der Waals surface area contributed by atoms with E-state index in [-0.39, 0.29) is 0 Å².